The number of amidine groups is 1. The van der Waals surface area contributed by atoms with Gasteiger partial charge < -0.3 is 25.0 Å². The number of halogens is 3. The van der Waals surface area contributed by atoms with Gasteiger partial charge in [-0.05, 0) is 60.6 Å². The van der Waals surface area contributed by atoms with Gasteiger partial charge in [0.05, 0.1) is 35.3 Å². The van der Waals surface area contributed by atoms with Gasteiger partial charge in [0.25, 0.3) is 5.91 Å². The molecule has 3 amide bonds. The van der Waals surface area contributed by atoms with Crippen molar-refractivity contribution in [1.29, 1.82) is 0 Å². The van der Waals surface area contributed by atoms with Crippen LogP contribution < -0.4 is 24.8 Å². The summed E-state index contributed by atoms with van der Waals surface area (Å²) in [6.45, 7) is 9.59. The van der Waals surface area contributed by atoms with Crippen molar-refractivity contribution in [1.82, 2.24) is 25.2 Å². The van der Waals surface area contributed by atoms with Gasteiger partial charge in [-0.25, -0.2) is 13.4 Å². The number of hydrogen-bond acceptors (Lipinski definition) is 11. The second kappa shape index (κ2) is 16.0. The van der Waals surface area contributed by atoms with Crippen molar-refractivity contribution in [2.75, 3.05) is 13.7 Å². The largest absolute Gasteiger partial charge is 0.494 e. The Bertz CT molecular complexity index is 2260. The first-order valence-corrected chi connectivity index (χ1v) is 23.0. The number of thioether (sulfide) groups is 1. The van der Waals surface area contributed by atoms with E-state index in [2.05, 4.69) is 58.8 Å². The number of sulfonamides is 1. The lowest BCUT2D eigenvalue weighted by Crippen LogP contribution is -2.60. The fraction of sp³-hybridized carbons (Fsp3) is 0.462. The number of hydrogen-bond donors (Lipinski definition) is 3. The summed E-state index contributed by atoms with van der Waals surface area (Å²) < 4.78 is 40.6. The van der Waals surface area contributed by atoms with Crippen LogP contribution in [0.5, 0.6) is 11.6 Å². The number of alkyl halides is 1. The Hall–Kier alpha value is -3.38. The molecule has 2 aromatic carbocycles. The van der Waals surface area contributed by atoms with E-state index in [1.165, 1.54) is 36.0 Å². The molecule has 0 spiro atoms. The molecule has 57 heavy (non-hydrogen) atoms. The molecule has 2 saturated carbocycles. The van der Waals surface area contributed by atoms with Crippen molar-refractivity contribution in [2.24, 2.45) is 16.3 Å². The molecule has 7 rings (SSSR count). The van der Waals surface area contributed by atoms with Gasteiger partial charge in [0.2, 0.25) is 27.7 Å². The second-order valence-electron chi connectivity index (χ2n) is 15.8. The van der Waals surface area contributed by atoms with Crippen molar-refractivity contribution < 1.29 is 32.3 Å². The number of nitrogens with zero attached hydrogens (tertiary/aromatic N) is 3. The lowest BCUT2D eigenvalue weighted by Gasteiger charge is -2.36. The van der Waals surface area contributed by atoms with Crippen LogP contribution in [0.25, 0.3) is 10.8 Å². The minimum absolute atomic E-state index is 0.00327. The third-order valence-corrected chi connectivity index (χ3v) is 15.3. The Morgan fingerprint density at radius 3 is 2.49 bits per heavy atom. The Labute approximate surface area is 357 Å². The summed E-state index contributed by atoms with van der Waals surface area (Å²) in [4.78, 5) is 53.9. The summed E-state index contributed by atoms with van der Waals surface area (Å²) >= 11 is 15.1. The average molecular weight is 967 g/mol. The van der Waals surface area contributed by atoms with Crippen LogP contribution in [0.15, 0.2) is 70.8 Å². The maximum absolute atomic E-state index is 14.9. The monoisotopic (exact) mass is 964 g/mol. The summed E-state index contributed by atoms with van der Waals surface area (Å²) in [5.41, 5.74) is -1.20. The molecule has 0 radical (unpaired) electrons. The molecule has 13 nitrogen and oxygen atoms in total. The number of aromatic nitrogens is 1. The normalized spacial score (nSPS) is 26.3. The van der Waals surface area contributed by atoms with Gasteiger partial charge in [-0.2, -0.15) is 0 Å². The van der Waals surface area contributed by atoms with Crippen molar-refractivity contribution in [3.63, 3.8) is 0 Å². The second-order valence-corrected chi connectivity index (χ2v) is 21.9. The van der Waals surface area contributed by atoms with Crippen LogP contribution in [0.3, 0.4) is 0 Å². The van der Waals surface area contributed by atoms with Crippen molar-refractivity contribution >= 4 is 98.9 Å². The topological polar surface area (TPSA) is 168 Å². The zero-order valence-corrected chi connectivity index (χ0v) is 37.2. The lowest BCUT2D eigenvalue weighted by atomic mass is 9.85. The van der Waals surface area contributed by atoms with E-state index in [9.17, 15) is 22.8 Å². The van der Waals surface area contributed by atoms with Gasteiger partial charge in [0.15, 0.2) is 5.17 Å². The first kappa shape index (κ1) is 41.8. The number of rotatable bonds is 12. The summed E-state index contributed by atoms with van der Waals surface area (Å²) in [6.07, 6.45) is 3.48. The number of pyridine rings is 1. The van der Waals surface area contributed by atoms with Gasteiger partial charge in [-0.1, -0.05) is 94.2 Å². The number of carbonyl (C=O) groups is 3. The molecule has 3 aromatic rings. The molecule has 2 aliphatic heterocycles. The molecule has 3 N–H and O–H groups in total. The Kier molecular flexibility index (Phi) is 11.7. The fourth-order valence-corrected chi connectivity index (χ4v) is 10.9. The molecule has 1 aromatic heterocycles. The summed E-state index contributed by atoms with van der Waals surface area (Å²) in [5.74, 6) is -1.57. The number of amides is 3. The highest BCUT2D eigenvalue weighted by atomic mass is 79.9. The number of benzene rings is 2. The number of likely N-dealkylation sites (tertiary alicyclic amines) is 1. The van der Waals surface area contributed by atoms with Crippen LogP contribution in [0.1, 0.15) is 58.1 Å². The fourth-order valence-electron chi connectivity index (χ4n) is 7.25. The zero-order valence-electron chi connectivity index (χ0n) is 31.6. The molecule has 18 heteroatoms. The number of fused-ring (bicyclic) bond motifs is 1. The molecule has 1 saturated heterocycles. The van der Waals surface area contributed by atoms with Gasteiger partial charge in [-0.15, -0.1) is 6.58 Å². The van der Waals surface area contributed by atoms with Crippen LogP contribution in [-0.4, -0.2) is 88.0 Å². The highest BCUT2D eigenvalue weighted by Crippen LogP contribution is 2.46. The summed E-state index contributed by atoms with van der Waals surface area (Å²) in [6, 6.07) is 11.0. The van der Waals surface area contributed by atoms with Crippen LogP contribution in [0.4, 0.5) is 0 Å². The van der Waals surface area contributed by atoms with Crippen molar-refractivity contribution in [2.45, 2.75) is 85.6 Å². The highest BCUT2D eigenvalue weighted by Gasteiger charge is 2.62. The molecular weight excluding hydrogens is 924 g/mol. The molecule has 3 heterocycles. The molecule has 7 atom stereocenters. The average Bonchev–Trinajstić information content (AvgIpc) is 4.06. The Morgan fingerprint density at radius 2 is 1.86 bits per heavy atom. The smallest absolute Gasteiger partial charge is 0.259 e. The van der Waals surface area contributed by atoms with Crippen molar-refractivity contribution in [3.8, 4) is 11.6 Å². The van der Waals surface area contributed by atoms with Crippen LogP contribution in [-0.2, 0) is 24.4 Å². The standard InChI is InChI=1S/C39H43Br2ClN6O7S2/c1-6-21-17-39(21,36(51)47-57(52,53)25-12-13-25)46-33(49)28-16-24(55-34-27-15-23(42)11-14-26(27)29(54-5)18-43-34)19-48(28)35(50)31(38(2,3)4)45-37-44-30(32(41)56-37)20-7-9-22(40)10-8-20/h6-11,14-15,18,21,24-25,28,30-32H,1,12-13,16-17,19H2,2-5H3,(H,44,45)(H,46,49)(H,47,51)/t21-,24-,28+,30?,31-,32?,39-/m1/s1. The molecule has 2 aliphatic carbocycles. The SMILES string of the molecule is C=C[C@@H]1C[C@]1(NC(=O)[C@@H]1C[C@@H](Oc2ncc(OC)c3ccc(Cl)cc23)CN1C(=O)[C@@H](NC1=NC(c2ccc(Br)cc2)C(Br)S1)C(C)(C)C)C(=O)NS(=O)(=O)C1CC1. The molecular formula is C39H43Br2ClN6O7S2. The van der Waals surface area contributed by atoms with E-state index in [0.29, 0.717) is 39.6 Å². The molecule has 2 unspecified atom stereocenters. The minimum atomic E-state index is -3.90. The van der Waals surface area contributed by atoms with E-state index >= 15 is 0 Å². The van der Waals surface area contributed by atoms with E-state index in [1.807, 2.05) is 45.0 Å². The summed E-state index contributed by atoms with van der Waals surface area (Å²) in [5, 5.41) is 7.94. The number of methoxy groups -OCH3 is 1. The molecule has 0 bridgehead atoms. The number of aliphatic imine (C=N–C) groups is 1. The Balaban J connectivity index is 1.19. The van der Waals surface area contributed by atoms with Crippen molar-refractivity contribution in [3.05, 3.63) is 76.4 Å². The number of nitrogens with one attached hydrogen (secondary N) is 3. The maximum Gasteiger partial charge on any atom is 0.259 e. The summed E-state index contributed by atoms with van der Waals surface area (Å²) in [7, 11) is -2.36. The highest BCUT2D eigenvalue weighted by molar-refractivity contribution is 9.11. The lowest BCUT2D eigenvalue weighted by molar-refractivity contribution is -0.142. The van der Waals surface area contributed by atoms with Crippen LogP contribution in [0, 0.1) is 11.3 Å². The zero-order chi connectivity index (χ0) is 41.0. The molecule has 3 fully saturated rings. The van der Waals surface area contributed by atoms with E-state index in [-0.39, 0.29) is 41.4 Å². The van der Waals surface area contributed by atoms with E-state index in [0.717, 1.165) is 10.0 Å². The van der Waals surface area contributed by atoms with E-state index in [4.69, 9.17) is 26.1 Å². The minimum Gasteiger partial charge on any atom is -0.494 e. The third kappa shape index (κ3) is 8.68. The predicted octanol–water partition coefficient (Wildman–Crippen LogP) is 6.25. The van der Waals surface area contributed by atoms with Gasteiger partial charge >= 0.3 is 0 Å². The van der Waals surface area contributed by atoms with Gasteiger partial charge in [-0.3, -0.25) is 24.1 Å². The van der Waals surface area contributed by atoms with E-state index < -0.39 is 62.1 Å². The molecule has 304 valence electrons. The first-order chi connectivity index (χ1) is 26.9. The number of carbonyl (C=O) groups excluding carboxylic acids is 3. The predicted molar refractivity (Wildman–Crippen MR) is 228 cm³/mol. The number of ether oxygens (including phenoxy) is 2. The Morgan fingerprint density at radius 1 is 1.14 bits per heavy atom. The quantitative estimate of drug-likeness (QED) is 0.140. The molecule has 4 aliphatic rings. The third-order valence-electron chi connectivity index (χ3n) is 10.7. The maximum atomic E-state index is 14.9. The van der Waals surface area contributed by atoms with Gasteiger partial charge in [0, 0.05) is 32.6 Å². The van der Waals surface area contributed by atoms with Crippen LogP contribution >= 0.6 is 55.2 Å². The first-order valence-electron chi connectivity index (χ1n) is 18.4. The van der Waals surface area contributed by atoms with Gasteiger partial charge in [0.1, 0.15) is 29.5 Å². The van der Waals surface area contributed by atoms with Crippen LogP contribution in [0.2, 0.25) is 5.02 Å². The van der Waals surface area contributed by atoms with E-state index in [1.54, 1.807) is 18.2 Å².